The van der Waals surface area contributed by atoms with Crippen LogP contribution in [0.5, 0.6) is 0 Å². The molecule has 42 heavy (non-hydrogen) atoms. The summed E-state index contributed by atoms with van der Waals surface area (Å²) in [5.41, 5.74) is 2.37. The van der Waals surface area contributed by atoms with Crippen molar-refractivity contribution in [1.82, 2.24) is 10.2 Å². The molecule has 3 aromatic rings. The third-order valence-corrected chi connectivity index (χ3v) is 6.65. The minimum atomic E-state index is -1.05. The van der Waals surface area contributed by atoms with E-state index in [-0.39, 0.29) is 25.3 Å². The fourth-order valence-electron chi connectivity index (χ4n) is 4.21. The van der Waals surface area contributed by atoms with E-state index in [0.29, 0.717) is 53.5 Å². The number of methoxy groups -OCH3 is 1. The number of hydrogen-bond donors (Lipinski definition) is 4. The van der Waals surface area contributed by atoms with Crippen molar-refractivity contribution in [2.24, 2.45) is 0 Å². The van der Waals surface area contributed by atoms with Gasteiger partial charge in [-0.05, 0) is 48.2 Å². The van der Waals surface area contributed by atoms with Gasteiger partial charge in [0.05, 0.1) is 36.1 Å². The second kappa shape index (κ2) is 16.8. The molecule has 3 rings (SSSR count). The van der Waals surface area contributed by atoms with Gasteiger partial charge in [-0.1, -0.05) is 66.2 Å². The van der Waals surface area contributed by atoms with Crippen molar-refractivity contribution in [3.05, 3.63) is 95.0 Å². The molecule has 4 N–H and O–H groups in total. The van der Waals surface area contributed by atoms with Crippen molar-refractivity contribution in [2.45, 2.75) is 31.7 Å². The Morgan fingerprint density at radius 2 is 1.60 bits per heavy atom. The number of rotatable bonds is 15. The number of amides is 4. The number of unbranched alkanes of at least 4 members (excludes halogenated alkanes) is 1. The number of urea groups is 1. The van der Waals surface area contributed by atoms with Gasteiger partial charge in [-0.25, -0.2) is 4.79 Å². The maximum Gasteiger partial charge on any atom is 0.323 e. The highest BCUT2D eigenvalue weighted by atomic mass is 35.5. The van der Waals surface area contributed by atoms with Gasteiger partial charge in [0.25, 0.3) is 0 Å². The molecule has 0 fully saturated rings. The zero-order valence-corrected chi connectivity index (χ0v) is 24.1. The average Bonchev–Trinajstić information content (AvgIpc) is 2.96. The van der Waals surface area contributed by atoms with E-state index < -0.39 is 23.9 Å². The fraction of sp³-hybridized carbons (Fsp3) is 0.290. The maximum atomic E-state index is 13.3. The summed E-state index contributed by atoms with van der Waals surface area (Å²) >= 11 is 6.08. The summed E-state index contributed by atoms with van der Waals surface area (Å²) in [5, 5.41) is 17.9. The number of halogens is 1. The van der Waals surface area contributed by atoms with E-state index in [1.807, 2.05) is 6.07 Å². The molecular formula is C31H35ClN4O6. The molecule has 3 aromatic carbocycles. The molecule has 0 saturated heterocycles. The molecule has 0 aliphatic rings. The Morgan fingerprint density at radius 3 is 2.26 bits per heavy atom. The molecule has 4 amide bonds. The van der Waals surface area contributed by atoms with Gasteiger partial charge in [-0.3, -0.25) is 14.4 Å². The number of benzene rings is 3. The number of carbonyl (C=O) groups is 4. The molecule has 11 heteroatoms. The van der Waals surface area contributed by atoms with Crippen LogP contribution >= 0.6 is 11.6 Å². The Labute approximate surface area is 250 Å². The van der Waals surface area contributed by atoms with Gasteiger partial charge in [0.2, 0.25) is 11.8 Å². The van der Waals surface area contributed by atoms with Crippen LogP contribution in [0.3, 0.4) is 0 Å². The van der Waals surface area contributed by atoms with Crippen molar-refractivity contribution < 1.29 is 29.0 Å². The normalized spacial score (nSPS) is 11.3. The lowest BCUT2D eigenvalue weighted by atomic mass is 10.0. The monoisotopic (exact) mass is 594 g/mol. The van der Waals surface area contributed by atoms with E-state index in [9.17, 15) is 24.3 Å². The predicted molar refractivity (Wildman–Crippen MR) is 162 cm³/mol. The molecule has 0 aromatic heterocycles. The quantitative estimate of drug-likeness (QED) is 0.180. The Bertz CT molecular complexity index is 1340. The summed E-state index contributed by atoms with van der Waals surface area (Å²) in [5.74, 6) is -1.75. The molecule has 1 atom stereocenters. The minimum absolute atomic E-state index is 0.0426. The third-order valence-electron chi connectivity index (χ3n) is 6.32. The molecule has 0 unspecified atom stereocenters. The van der Waals surface area contributed by atoms with Gasteiger partial charge >= 0.3 is 12.0 Å². The van der Waals surface area contributed by atoms with Crippen molar-refractivity contribution in [3.8, 4) is 0 Å². The van der Waals surface area contributed by atoms with Crippen molar-refractivity contribution in [2.75, 3.05) is 37.4 Å². The molecule has 0 spiro atoms. The molecule has 0 radical (unpaired) electrons. The molecule has 222 valence electrons. The van der Waals surface area contributed by atoms with Gasteiger partial charge in [0.15, 0.2) is 0 Å². The molecule has 10 nitrogen and oxygen atoms in total. The Hall–Kier alpha value is -4.41. The third kappa shape index (κ3) is 10.9. The summed E-state index contributed by atoms with van der Waals surface area (Å²) in [6.07, 6.45) is 1.10. The smallest absolute Gasteiger partial charge is 0.323 e. The van der Waals surface area contributed by atoms with Gasteiger partial charge in [0.1, 0.15) is 0 Å². The first-order valence-corrected chi connectivity index (χ1v) is 13.9. The van der Waals surface area contributed by atoms with Crippen LogP contribution in [0.2, 0.25) is 5.02 Å². The standard InChI is InChI=1S/C31H35ClN4O6/c1-42-18-8-7-17-36(21-28(37)34-27(20-30(39)40)23-9-3-2-4-10-23)29(38)19-22-13-15-24(16-14-22)33-31(41)35-26-12-6-5-11-25(26)32/h2-6,9-16,27H,7-8,17-21H2,1H3,(H,34,37)(H,39,40)(H2,33,35,41)/t27-/m0/s1. The summed E-state index contributed by atoms with van der Waals surface area (Å²) in [4.78, 5) is 51.5. The van der Waals surface area contributed by atoms with Crippen LogP contribution in [0.1, 0.15) is 36.4 Å². The average molecular weight is 595 g/mol. The van der Waals surface area contributed by atoms with Gasteiger partial charge in [-0.2, -0.15) is 0 Å². The fourth-order valence-corrected chi connectivity index (χ4v) is 4.39. The SMILES string of the molecule is COCCCCN(CC(=O)N[C@@H](CC(=O)O)c1ccccc1)C(=O)Cc1ccc(NC(=O)Nc2ccccc2Cl)cc1. The van der Waals surface area contributed by atoms with Crippen LogP contribution in [-0.4, -0.2) is 60.6 Å². The first-order chi connectivity index (χ1) is 20.2. The molecule has 0 heterocycles. The number of aliphatic carboxylic acids is 1. The van der Waals surface area contributed by atoms with E-state index in [2.05, 4.69) is 16.0 Å². The number of hydrogen-bond acceptors (Lipinski definition) is 5. The largest absolute Gasteiger partial charge is 0.481 e. The van der Waals surface area contributed by atoms with Crippen molar-refractivity contribution >= 4 is 46.8 Å². The number of anilines is 2. The van der Waals surface area contributed by atoms with Crippen molar-refractivity contribution in [1.29, 1.82) is 0 Å². The highest BCUT2D eigenvalue weighted by Gasteiger charge is 2.22. The van der Waals surface area contributed by atoms with E-state index >= 15 is 0 Å². The number of carboxylic acids is 1. The van der Waals surface area contributed by atoms with E-state index in [1.165, 1.54) is 4.90 Å². The number of carbonyl (C=O) groups excluding carboxylic acids is 3. The van der Waals surface area contributed by atoms with Crippen LogP contribution < -0.4 is 16.0 Å². The summed E-state index contributed by atoms with van der Waals surface area (Å²) in [6.45, 7) is 0.657. The first kappa shape index (κ1) is 32.1. The second-order valence-electron chi connectivity index (χ2n) is 9.58. The summed E-state index contributed by atoms with van der Waals surface area (Å²) in [6, 6.07) is 21.4. The maximum absolute atomic E-state index is 13.3. The van der Waals surface area contributed by atoms with Crippen LogP contribution in [-0.2, 0) is 25.5 Å². The number of ether oxygens (including phenoxy) is 1. The zero-order valence-electron chi connectivity index (χ0n) is 23.3. The lowest BCUT2D eigenvalue weighted by molar-refractivity contribution is -0.139. The highest BCUT2D eigenvalue weighted by Crippen LogP contribution is 2.21. The minimum Gasteiger partial charge on any atom is -0.481 e. The molecular weight excluding hydrogens is 560 g/mol. The predicted octanol–water partition coefficient (Wildman–Crippen LogP) is 5.11. The molecule has 0 bridgehead atoms. The summed E-state index contributed by atoms with van der Waals surface area (Å²) < 4.78 is 5.10. The van der Waals surface area contributed by atoms with Crippen LogP contribution in [0, 0.1) is 0 Å². The van der Waals surface area contributed by atoms with E-state index in [4.69, 9.17) is 16.3 Å². The molecule has 0 saturated carbocycles. The van der Waals surface area contributed by atoms with E-state index in [1.54, 1.807) is 79.9 Å². The van der Waals surface area contributed by atoms with Crippen LogP contribution in [0.25, 0.3) is 0 Å². The number of para-hydroxylation sites is 1. The van der Waals surface area contributed by atoms with Crippen molar-refractivity contribution in [3.63, 3.8) is 0 Å². The number of nitrogens with zero attached hydrogens (tertiary/aromatic N) is 1. The summed E-state index contributed by atoms with van der Waals surface area (Å²) in [7, 11) is 1.60. The van der Waals surface area contributed by atoms with Gasteiger partial charge in [0, 0.05) is 25.9 Å². The number of nitrogens with one attached hydrogen (secondary N) is 3. The molecule has 0 aliphatic carbocycles. The molecule has 0 aliphatic heterocycles. The highest BCUT2D eigenvalue weighted by molar-refractivity contribution is 6.33. The Morgan fingerprint density at radius 1 is 0.905 bits per heavy atom. The Balaban J connectivity index is 1.61. The van der Waals surface area contributed by atoms with Crippen LogP contribution in [0.4, 0.5) is 16.2 Å². The Kier molecular flexibility index (Phi) is 12.8. The topological polar surface area (TPSA) is 137 Å². The van der Waals surface area contributed by atoms with Crippen LogP contribution in [0.15, 0.2) is 78.9 Å². The van der Waals surface area contributed by atoms with E-state index in [0.717, 1.165) is 0 Å². The lowest BCUT2D eigenvalue weighted by Gasteiger charge is -2.24. The van der Waals surface area contributed by atoms with Gasteiger partial charge in [-0.15, -0.1) is 0 Å². The first-order valence-electron chi connectivity index (χ1n) is 13.5. The second-order valence-corrected chi connectivity index (χ2v) is 9.98. The lowest BCUT2D eigenvalue weighted by Crippen LogP contribution is -2.43. The number of carboxylic acid groups (broad SMARTS) is 1. The zero-order chi connectivity index (χ0) is 30.3. The van der Waals surface area contributed by atoms with Gasteiger partial charge < -0.3 is 30.7 Å².